The Bertz CT molecular complexity index is 617. The molecule has 3 nitrogen and oxygen atoms in total. The van der Waals surface area contributed by atoms with E-state index in [4.69, 9.17) is 5.73 Å². The predicted octanol–water partition coefficient (Wildman–Crippen LogP) is 4.67. The molecule has 0 aliphatic heterocycles. The minimum absolute atomic E-state index is 0.198. The minimum atomic E-state index is -4.72. The smallest absolute Gasteiger partial charge is 0.405 e. The molecule has 0 heterocycles. The molecule has 2 aromatic carbocycles. The van der Waals surface area contributed by atoms with Crippen LogP contribution in [-0.4, -0.2) is 6.36 Å². The molecule has 0 fully saturated rings. The molecular weight excluding hydrogens is 337 g/mol. The summed E-state index contributed by atoms with van der Waals surface area (Å²) in [6.07, 6.45) is -4.72. The molecule has 0 saturated heterocycles. The Kier molecular flexibility index (Phi) is 4.08. The monoisotopic (exact) mass is 346 g/mol. The number of nitrogens with one attached hydrogen (secondary N) is 1. The number of ether oxygens (including phenoxy) is 1. The van der Waals surface area contributed by atoms with E-state index in [1.54, 1.807) is 24.3 Å². The summed E-state index contributed by atoms with van der Waals surface area (Å²) >= 11 is 3.04. The summed E-state index contributed by atoms with van der Waals surface area (Å²) in [5.74, 6) is -0.296. The van der Waals surface area contributed by atoms with Crippen molar-refractivity contribution in [3.8, 4) is 5.75 Å². The summed E-state index contributed by atoms with van der Waals surface area (Å²) in [5, 5.41) is 3.03. The second-order valence-corrected chi connectivity index (χ2v) is 4.80. The van der Waals surface area contributed by atoms with Crippen molar-refractivity contribution in [2.24, 2.45) is 0 Å². The lowest BCUT2D eigenvalue weighted by Crippen LogP contribution is -2.17. The highest BCUT2D eigenvalue weighted by atomic mass is 79.9. The predicted molar refractivity (Wildman–Crippen MR) is 75.0 cm³/mol. The van der Waals surface area contributed by atoms with E-state index in [9.17, 15) is 13.2 Å². The third-order valence-corrected chi connectivity index (χ3v) is 2.95. The van der Waals surface area contributed by atoms with Gasteiger partial charge in [0.1, 0.15) is 5.75 Å². The highest BCUT2D eigenvalue weighted by Gasteiger charge is 2.31. The molecule has 0 spiro atoms. The Morgan fingerprint density at radius 3 is 2.35 bits per heavy atom. The first kappa shape index (κ1) is 14.5. The highest BCUT2D eigenvalue weighted by molar-refractivity contribution is 9.10. The van der Waals surface area contributed by atoms with E-state index in [2.05, 4.69) is 26.0 Å². The van der Waals surface area contributed by atoms with E-state index in [0.717, 1.165) is 5.69 Å². The molecule has 0 aliphatic carbocycles. The summed E-state index contributed by atoms with van der Waals surface area (Å²) in [7, 11) is 0. The standard InChI is InChI=1S/C13H10BrF3N2O/c14-11-7-10(4-5-12(11)20-13(15,16)17)19-9-3-1-2-8(18)6-9/h1-7,19H,18H2. The lowest BCUT2D eigenvalue weighted by Gasteiger charge is -2.12. The van der Waals surface area contributed by atoms with Crippen LogP contribution in [0.2, 0.25) is 0 Å². The molecule has 0 bridgehead atoms. The molecule has 3 N–H and O–H groups in total. The van der Waals surface area contributed by atoms with Gasteiger partial charge in [0.05, 0.1) is 4.47 Å². The van der Waals surface area contributed by atoms with Crippen LogP contribution in [0.1, 0.15) is 0 Å². The van der Waals surface area contributed by atoms with Crippen LogP contribution in [0.4, 0.5) is 30.2 Å². The third-order valence-electron chi connectivity index (χ3n) is 2.33. The molecule has 0 radical (unpaired) electrons. The average molecular weight is 347 g/mol. The van der Waals surface area contributed by atoms with Gasteiger partial charge in [-0.05, 0) is 52.3 Å². The topological polar surface area (TPSA) is 47.3 Å². The van der Waals surface area contributed by atoms with Crippen molar-refractivity contribution < 1.29 is 17.9 Å². The molecule has 0 aromatic heterocycles. The van der Waals surface area contributed by atoms with Crippen LogP contribution in [0.5, 0.6) is 5.75 Å². The number of nitrogen functional groups attached to an aromatic ring is 1. The molecule has 2 rings (SSSR count). The van der Waals surface area contributed by atoms with Gasteiger partial charge in [-0.15, -0.1) is 13.2 Å². The van der Waals surface area contributed by atoms with Crippen molar-refractivity contribution in [1.29, 1.82) is 0 Å². The summed E-state index contributed by atoms with van der Waals surface area (Å²) in [4.78, 5) is 0. The third kappa shape index (κ3) is 4.06. The molecule has 2 aromatic rings. The number of anilines is 3. The van der Waals surface area contributed by atoms with Gasteiger partial charge in [0, 0.05) is 17.1 Å². The summed E-state index contributed by atoms with van der Waals surface area (Å²) in [6.45, 7) is 0. The van der Waals surface area contributed by atoms with Gasteiger partial charge in [0.25, 0.3) is 0 Å². The van der Waals surface area contributed by atoms with Crippen molar-refractivity contribution in [3.05, 3.63) is 46.9 Å². The molecule has 20 heavy (non-hydrogen) atoms. The van der Waals surface area contributed by atoms with Crippen LogP contribution in [0.15, 0.2) is 46.9 Å². The van der Waals surface area contributed by atoms with E-state index < -0.39 is 6.36 Å². The maximum atomic E-state index is 12.1. The van der Waals surface area contributed by atoms with Crippen molar-refractivity contribution in [2.75, 3.05) is 11.1 Å². The normalized spacial score (nSPS) is 11.2. The molecule has 0 aliphatic rings. The number of alkyl halides is 3. The molecule has 7 heteroatoms. The van der Waals surface area contributed by atoms with Gasteiger partial charge >= 0.3 is 6.36 Å². The zero-order valence-electron chi connectivity index (χ0n) is 10.0. The van der Waals surface area contributed by atoms with Gasteiger partial charge in [-0.25, -0.2) is 0 Å². The lowest BCUT2D eigenvalue weighted by molar-refractivity contribution is -0.274. The minimum Gasteiger partial charge on any atom is -0.405 e. The van der Waals surface area contributed by atoms with Gasteiger partial charge in [-0.2, -0.15) is 0 Å². The molecule has 0 amide bonds. The molecular formula is C13H10BrF3N2O. The SMILES string of the molecule is Nc1cccc(Nc2ccc(OC(F)(F)F)c(Br)c2)c1. The van der Waals surface area contributed by atoms with E-state index in [-0.39, 0.29) is 10.2 Å². The van der Waals surface area contributed by atoms with Crippen LogP contribution in [0.3, 0.4) is 0 Å². The van der Waals surface area contributed by atoms with E-state index >= 15 is 0 Å². The lowest BCUT2D eigenvalue weighted by atomic mass is 10.2. The summed E-state index contributed by atoms with van der Waals surface area (Å²) < 4.78 is 40.5. The van der Waals surface area contributed by atoms with Crippen molar-refractivity contribution in [1.82, 2.24) is 0 Å². The summed E-state index contributed by atoms with van der Waals surface area (Å²) in [5.41, 5.74) is 7.58. The Morgan fingerprint density at radius 1 is 1.05 bits per heavy atom. The van der Waals surface area contributed by atoms with Gasteiger partial charge < -0.3 is 15.8 Å². The van der Waals surface area contributed by atoms with Gasteiger partial charge in [0.15, 0.2) is 0 Å². The second-order valence-electron chi connectivity index (χ2n) is 3.94. The van der Waals surface area contributed by atoms with Crippen LogP contribution in [0.25, 0.3) is 0 Å². The zero-order valence-corrected chi connectivity index (χ0v) is 11.6. The Labute approximate surface area is 121 Å². The average Bonchev–Trinajstić information content (AvgIpc) is 2.31. The first-order valence-electron chi connectivity index (χ1n) is 5.51. The zero-order chi connectivity index (χ0) is 14.8. The fraction of sp³-hybridized carbons (Fsp3) is 0.0769. The fourth-order valence-electron chi connectivity index (χ4n) is 1.57. The van der Waals surface area contributed by atoms with Crippen molar-refractivity contribution >= 4 is 33.0 Å². The molecule has 106 valence electrons. The van der Waals surface area contributed by atoms with E-state index in [1.165, 1.54) is 18.2 Å². The molecule has 0 saturated carbocycles. The number of rotatable bonds is 3. The largest absolute Gasteiger partial charge is 0.573 e. The van der Waals surface area contributed by atoms with Gasteiger partial charge in [0.2, 0.25) is 0 Å². The molecule has 0 unspecified atom stereocenters. The maximum Gasteiger partial charge on any atom is 0.573 e. The fourth-order valence-corrected chi connectivity index (χ4v) is 2.03. The Hall–Kier alpha value is -1.89. The van der Waals surface area contributed by atoms with Crippen molar-refractivity contribution in [3.63, 3.8) is 0 Å². The number of nitrogens with two attached hydrogens (primary N) is 1. The molecule has 0 atom stereocenters. The van der Waals surface area contributed by atoms with Gasteiger partial charge in [-0.3, -0.25) is 0 Å². The number of hydrogen-bond acceptors (Lipinski definition) is 3. The van der Waals surface area contributed by atoms with Crippen LogP contribution in [-0.2, 0) is 0 Å². The second kappa shape index (κ2) is 5.62. The first-order valence-corrected chi connectivity index (χ1v) is 6.31. The number of hydrogen-bond donors (Lipinski definition) is 2. The maximum absolute atomic E-state index is 12.1. The van der Waals surface area contributed by atoms with Crippen LogP contribution in [0, 0.1) is 0 Å². The van der Waals surface area contributed by atoms with Crippen LogP contribution >= 0.6 is 15.9 Å². The quantitative estimate of drug-likeness (QED) is 0.793. The van der Waals surface area contributed by atoms with Crippen molar-refractivity contribution in [2.45, 2.75) is 6.36 Å². The van der Waals surface area contributed by atoms with E-state index in [0.29, 0.717) is 11.4 Å². The van der Waals surface area contributed by atoms with E-state index in [1.807, 2.05) is 0 Å². The number of benzene rings is 2. The Morgan fingerprint density at radius 2 is 1.75 bits per heavy atom. The summed E-state index contributed by atoms with van der Waals surface area (Å²) in [6, 6.07) is 11.2. The Balaban J connectivity index is 2.17. The van der Waals surface area contributed by atoms with Gasteiger partial charge in [-0.1, -0.05) is 6.07 Å². The number of halogens is 4. The van der Waals surface area contributed by atoms with Crippen LogP contribution < -0.4 is 15.8 Å². The first-order chi connectivity index (χ1) is 9.33. The highest BCUT2D eigenvalue weighted by Crippen LogP contribution is 2.33.